The molecule has 100 valence electrons. The van der Waals surface area contributed by atoms with E-state index >= 15 is 0 Å². The number of carbonyl (C=O) groups is 1. The van der Waals surface area contributed by atoms with Gasteiger partial charge in [0.15, 0.2) is 0 Å². The van der Waals surface area contributed by atoms with Crippen LogP contribution in [0.2, 0.25) is 0 Å². The molecule has 2 rings (SSSR count). The van der Waals surface area contributed by atoms with Crippen molar-refractivity contribution in [2.45, 2.75) is 25.4 Å². The van der Waals surface area contributed by atoms with Crippen LogP contribution < -0.4 is 0 Å². The summed E-state index contributed by atoms with van der Waals surface area (Å²) in [5.74, 6) is -0.822. The van der Waals surface area contributed by atoms with E-state index in [2.05, 4.69) is 23.9 Å². The van der Waals surface area contributed by atoms with E-state index in [1.165, 1.54) is 24.2 Å². The van der Waals surface area contributed by atoms with Gasteiger partial charge in [0.2, 0.25) is 0 Å². The Bertz CT molecular complexity index is 409. The molecule has 18 heavy (non-hydrogen) atoms. The first-order valence-electron chi connectivity index (χ1n) is 6.27. The molecule has 1 aliphatic rings. The van der Waals surface area contributed by atoms with Crippen LogP contribution in [0.3, 0.4) is 0 Å². The average Bonchev–Trinajstić information content (AvgIpc) is 2.78. The van der Waals surface area contributed by atoms with Gasteiger partial charge in [0.1, 0.15) is 4.88 Å². The van der Waals surface area contributed by atoms with E-state index in [9.17, 15) is 4.79 Å². The third-order valence-electron chi connectivity index (χ3n) is 3.54. The van der Waals surface area contributed by atoms with Crippen LogP contribution in [0, 0.1) is 0 Å². The molecule has 0 amide bonds. The van der Waals surface area contributed by atoms with Crippen LogP contribution in [-0.4, -0.2) is 54.1 Å². The summed E-state index contributed by atoms with van der Waals surface area (Å²) in [4.78, 5) is 17.1. The zero-order valence-corrected chi connectivity index (χ0v) is 11.7. The SMILES string of the molecule is CN(C)C1CCN(Cc2ccc(C(=O)O)s2)CC1. The molecule has 0 radical (unpaired) electrons. The van der Waals surface area contributed by atoms with Crippen molar-refractivity contribution in [1.82, 2.24) is 9.80 Å². The molecular weight excluding hydrogens is 248 g/mol. The van der Waals surface area contributed by atoms with Gasteiger partial charge in [-0.3, -0.25) is 4.90 Å². The van der Waals surface area contributed by atoms with Crippen LogP contribution in [-0.2, 0) is 6.54 Å². The Labute approximate surface area is 112 Å². The van der Waals surface area contributed by atoms with E-state index < -0.39 is 5.97 Å². The second-order valence-corrected chi connectivity index (χ2v) is 6.21. The first-order valence-corrected chi connectivity index (χ1v) is 7.08. The highest BCUT2D eigenvalue weighted by Gasteiger charge is 2.21. The molecule has 2 heterocycles. The maximum absolute atomic E-state index is 10.8. The first kappa shape index (κ1) is 13.5. The predicted molar refractivity (Wildman–Crippen MR) is 73.3 cm³/mol. The maximum atomic E-state index is 10.8. The summed E-state index contributed by atoms with van der Waals surface area (Å²) >= 11 is 1.39. The molecule has 0 aliphatic carbocycles. The Morgan fingerprint density at radius 1 is 1.44 bits per heavy atom. The minimum Gasteiger partial charge on any atom is -0.477 e. The summed E-state index contributed by atoms with van der Waals surface area (Å²) < 4.78 is 0. The number of thiophene rings is 1. The normalized spacial score (nSPS) is 18.4. The number of piperidine rings is 1. The third kappa shape index (κ3) is 3.31. The van der Waals surface area contributed by atoms with Crippen molar-refractivity contribution in [3.8, 4) is 0 Å². The fourth-order valence-electron chi connectivity index (χ4n) is 2.39. The highest BCUT2D eigenvalue weighted by atomic mass is 32.1. The van der Waals surface area contributed by atoms with Gasteiger partial charge in [-0.1, -0.05) is 0 Å². The van der Waals surface area contributed by atoms with E-state index in [4.69, 9.17) is 5.11 Å². The smallest absolute Gasteiger partial charge is 0.345 e. The Morgan fingerprint density at radius 3 is 2.61 bits per heavy atom. The van der Waals surface area contributed by atoms with Gasteiger partial charge in [-0.25, -0.2) is 4.79 Å². The van der Waals surface area contributed by atoms with E-state index in [-0.39, 0.29) is 0 Å². The standard InChI is InChI=1S/C13H20N2O2S/c1-14(2)10-5-7-15(8-6-10)9-11-3-4-12(18-11)13(16)17/h3-4,10H,5-9H2,1-2H3,(H,16,17). The molecule has 1 aromatic rings. The first-order chi connectivity index (χ1) is 8.56. The zero-order chi connectivity index (χ0) is 13.1. The van der Waals surface area contributed by atoms with Crippen LogP contribution in [0.1, 0.15) is 27.4 Å². The quantitative estimate of drug-likeness (QED) is 0.907. The van der Waals surface area contributed by atoms with Crippen molar-refractivity contribution in [3.63, 3.8) is 0 Å². The molecule has 1 aliphatic heterocycles. The number of nitrogens with zero attached hydrogens (tertiary/aromatic N) is 2. The molecule has 1 N–H and O–H groups in total. The van der Waals surface area contributed by atoms with E-state index in [0.717, 1.165) is 24.5 Å². The third-order valence-corrected chi connectivity index (χ3v) is 4.60. The second-order valence-electron chi connectivity index (χ2n) is 5.04. The molecule has 1 saturated heterocycles. The molecule has 1 aromatic heterocycles. The van der Waals surface area contributed by atoms with E-state index in [0.29, 0.717) is 10.9 Å². The molecule has 0 saturated carbocycles. The van der Waals surface area contributed by atoms with Gasteiger partial charge < -0.3 is 10.0 Å². The van der Waals surface area contributed by atoms with Gasteiger partial charge in [0.25, 0.3) is 0 Å². The van der Waals surface area contributed by atoms with E-state index in [1.54, 1.807) is 6.07 Å². The fourth-order valence-corrected chi connectivity index (χ4v) is 3.28. The summed E-state index contributed by atoms with van der Waals surface area (Å²) in [5.41, 5.74) is 0. The van der Waals surface area contributed by atoms with Crippen LogP contribution in [0.25, 0.3) is 0 Å². The van der Waals surface area contributed by atoms with Gasteiger partial charge >= 0.3 is 5.97 Å². The average molecular weight is 268 g/mol. The van der Waals surface area contributed by atoms with Crippen LogP contribution in [0.4, 0.5) is 0 Å². The van der Waals surface area contributed by atoms with Crippen LogP contribution in [0.5, 0.6) is 0 Å². The number of hydrogen-bond acceptors (Lipinski definition) is 4. The minimum absolute atomic E-state index is 0.438. The van der Waals surface area contributed by atoms with Crippen molar-refractivity contribution in [2.24, 2.45) is 0 Å². The molecule has 0 spiro atoms. The van der Waals surface area contributed by atoms with Gasteiger partial charge in [-0.15, -0.1) is 11.3 Å². The lowest BCUT2D eigenvalue weighted by Crippen LogP contribution is -2.41. The summed E-state index contributed by atoms with van der Waals surface area (Å²) in [6, 6.07) is 4.33. The number of aromatic carboxylic acids is 1. The highest BCUT2D eigenvalue weighted by Crippen LogP contribution is 2.21. The second kappa shape index (κ2) is 5.82. The minimum atomic E-state index is -0.822. The number of rotatable bonds is 4. The summed E-state index contributed by atoms with van der Waals surface area (Å²) in [6.07, 6.45) is 2.40. The molecule has 0 bridgehead atoms. The lowest BCUT2D eigenvalue weighted by molar-refractivity contribution is 0.0702. The molecular formula is C13H20N2O2S. The zero-order valence-electron chi connectivity index (χ0n) is 10.9. The van der Waals surface area contributed by atoms with Crippen LogP contribution in [0.15, 0.2) is 12.1 Å². The summed E-state index contributed by atoms with van der Waals surface area (Å²) in [6.45, 7) is 3.09. The number of carboxylic acids is 1. The topological polar surface area (TPSA) is 43.8 Å². The molecule has 0 unspecified atom stereocenters. The van der Waals surface area contributed by atoms with Gasteiger partial charge in [0, 0.05) is 30.6 Å². The lowest BCUT2D eigenvalue weighted by atomic mass is 10.0. The Morgan fingerprint density at radius 2 is 2.11 bits per heavy atom. The van der Waals surface area contributed by atoms with E-state index in [1.807, 2.05) is 6.07 Å². The number of hydrogen-bond donors (Lipinski definition) is 1. The highest BCUT2D eigenvalue weighted by molar-refractivity contribution is 7.13. The summed E-state index contributed by atoms with van der Waals surface area (Å²) in [7, 11) is 4.28. The van der Waals surface area contributed by atoms with Crippen molar-refractivity contribution < 1.29 is 9.90 Å². The number of carboxylic acid groups (broad SMARTS) is 1. The summed E-state index contributed by atoms with van der Waals surface area (Å²) in [5, 5.41) is 8.89. The van der Waals surface area contributed by atoms with Crippen molar-refractivity contribution in [2.75, 3.05) is 27.2 Å². The Kier molecular flexibility index (Phi) is 4.37. The van der Waals surface area contributed by atoms with Crippen LogP contribution >= 0.6 is 11.3 Å². The molecule has 0 aromatic carbocycles. The van der Waals surface area contributed by atoms with Crippen molar-refractivity contribution in [1.29, 1.82) is 0 Å². The Hall–Kier alpha value is -0.910. The largest absolute Gasteiger partial charge is 0.477 e. The maximum Gasteiger partial charge on any atom is 0.345 e. The molecule has 0 atom stereocenters. The molecule has 5 heteroatoms. The number of likely N-dealkylation sites (tertiary alicyclic amines) is 1. The predicted octanol–water partition coefficient (Wildman–Crippen LogP) is 1.97. The Balaban J connectivity index is 1.85. The van der Waals surface area contributed by atoms with Crippen molar-refractivity contribution in [3.05, 3.63) is 21.9 Å². The molecule has 1 fully saturated rings. The monoisotopic (exact) mass is 268 g/mol. The van der Waals surface area contributed by atoms with Gasteiger partial charge in [-0.2, -0.15) is 0 Å². The van der Waals surface area contributed by atoms with Gasteiger partial charge in [-0.05, 0) is 39.1 Å². The fraction of sp³-hybridized carbons (Fsp3) is 0.615. The molecule has 4 nitrogen and oxygen atoms in total. The van der Waals surface area contributed by atoms with Gasteiger partial charge in [0.05, 0.1) is 0 Å². The lowest BCUT2D eigenvalue weighted by Gasteiger charge is -2.34. The van der Waals surface area contributed by atoms with Crippen molar-refractivity contribution >= 4 is 17.3 Å².